The Morgan fingerprint density at radius 3 is 3.07 bits per heavy atom. The fraction of sp³-hybridized carbons (Fsp3) is 0.0909. The van der Waals surface area contributed by atoms with E-state index >= 15 is 0 Å². The van der Waals surface area contributed by atoms with Crippen LogP contribution >= 0.6 is 22.9 Å². The van der Waals surface area contributed by atoms with Gasteiger partial charge in [-0.3, -0.25) is 0 Å². The lowest BCUT2D eigenvalue weighted by Crippen LogP contribution is -2.09. The quantitative estimate of drug-likeness (QED) is 0.718. The lowest BCUT2D eigenvalue weighted by atomic mass is 10.1. The van der Waals surface area contributed by atoms with E-state index in [0.29, 0.717) is 0 Å². The average molecular weight is 222 g/mol. The van der Waals surface area contributed by atoms with Gasteiger partial charge in [0, 0.05) is 33.3 Å². The van der Waals surface area contributed by atoms with E-state index in [2.05, 4.69) is 29.6 Å². The van der Waals surface area contributed by atoms with Crippen LogP contribution in [0.15, 0.2) is 30.5 Å². The zero-order valence-corrected chi connectivity index (χ0v) is 8.95. The first-order valence-corrected chi connectivity index (χ1v) is 5.65. The number of nitrogens with one attached hydrogen (secondary N) is 1. The van der Waals surface area contributed by atoms with Crippen molar-refractivity contribution in [3.8, 4) is 0 Å². The molecule has 1 aromatic heterocycles. The number of fused-ring (bicyclic) bond motifs is 3. The van der Waals surface area contributed by atoms with E-state index < -0.39 is 0 Å². The molecule has 2 heterocycles. The van der Waals surface area contributed by atoms with Crippen LogP contribution in [0, 0.1) is 0 Å². The predicted molar refractivity (Wildman–Crippen MR) is 62.5 cm³/mol. The molecule has 1 aromatic carbocycles. The lowest BCUT2D eigenvalue weighted by molar-refractivity contribution is 0.876. The number of hydrogen-bond donors (Lipinski definition) is 1. The summed E-state index contributed by atoms with van der Waals surface area (Å²) in [6.45, 7) is 0.894. The fourth-order valence-electron chi connectivity index (χ4n) is 1.79. The lowest BCUT2D eigenvalue weighted by Gasteiger charge is -2.10. The highest BCUT2D eigenvalue weighted by molar-refractivity contribution is 7.19. The van der Waals surface area contributed by atoms with Gasteiger partial charge in [-0.2, -0.15) is 0 Å². The van der Waals surface area contributed by atoms with Crippen LogP contribution < -0.4 is 5.32 Å². The maximum atomic E-state index is 6.17. The van der Waals surface area contributed by atoms with Crippen LogP contribution in [0.25, 0.3) is 15.1 Å². The van der Waals surface area contributed by atoms with Crippen molar-refractivity contribution in [2.24, 2.45) is 0 Å². The molecule has 0 aliphatic carbocycles. The Morgan fingerprint density at radius 1 is 1.29 bits per heavy atom. The molecule has 1 aliphatic rings. The number of halogens is 1. The van der Waals surface area contributed by atoms with E-state index in [4.69, 9.17) is 11.6 Å². The summed E-state index contributed by atoms with van der Waals surface area (Å²) in [5.74, 6) is 0. The molecule has 0 bridgehead atoms. The van der Waals surface area contributed by atoms with Crippen LogP contribution in [0.1, 0.15) is 10.4 Å². The van der Waals surface area contributed by atoms with Crippen molar-refractivity contribution in [2.45, 2.75) is 6.54 Å². The summed E-state index contributed by atoms with van der Waals surface area (Å²) < 4.78 is 1.31. The molecule has 0 amide bonds. The van der Waals surface area contributed by atoms with E-state index in [1.807, 2.05) is 17.5 Å². The van der Waals surface area contributed by atoms with Gasteiger partial charge in [0.1, 0.15) is 0 Å². The summed E-state index contributed by atoms with van der Waals surface area (Å²) in [4.78, 5) is 1.33. The molecule has 1 nitrogen and oxygen atoms in total. The van der Waals surface area contributed by atoms with E-state index in [1.165, 1.54) is 20.5 Å². The SMILES string of the molecule is ClC1=CNCc2sc3ccccc3c21. The van der Waals surface area contributed by atoms with Crippen molar-refractivity contribution >= 4 is 38.1 Å². The van der Waals surface area contributed by atoms with Gasteiger partial charge in [-0.25, -0.2) is 0 Å². The Hall–Kier alpha value is -0.990. The maximum absolute atomic E-state index is 6.17. The molecule has 0 saturated carbocycles. The average Bonchev–Trinajstić information content (AvgIpc) is 2.57. The summed E-state index contributed by atoms with van der Waals surface area (Å²) in [6.07, 6.45) is 1.88. The van der Waals surface area contributed by atoms with Crippen molar-refractivity contribution in [3.05, 3.63) is 40.9 Å². The zero-order valence-electron chi connectivity index (χ0n) is 7.38. The van der Waals surface area contributed by atoms with Gasteiger partial charge in [0.25, 0.3) is 0 Å². The van der Waals surface area contributed by atoms with Crippen molar-refractivity contribution in [3.63, 3.8) is 0 Å². The number of hydrogen-bond acceptors (Lipinski definition) is 2. The predicted octanol–water partition coefficient (Wildman–Crippen LogP) is 3.54. The van der Waals surface area contributed by atoms with Crippen LogP contribution in [0.4, 0.5) is 0 Å². The normalized spacial score (nSPS) is 14.8. The number of thiophene rings is 1. The summed E-state index contributed by atoms with van der Waals surface area (Å²) in [5, 5.41) is 5.26. The van der Waals surface area contributed by atoms with Crippen molar-refractivity contribution < 1.29 is 0 Å². The van der Waals surface area contributed by atoms with Gasteiger partial charge in [-0.15, -0.1) is 11.3 Å². The Balaban J connectivity index is 2.42. The molecular weight excluding hydrogens is 214 g/mol. The second kappa shape index (κ2) is 3.01. The Kier molecular flexibility index (Phi) is 1.79. The van der Waals surface area contributed by atoms with Gasteiger partial charge < -0.3 is 5.32 Å². The first kappa shape index (κ1) is 8.33. The van der Waals surface area contributed by atoms with Crippen molar-refractivity contribution in [1.29, 1.82) is 0 Å². The molecule has 3 heteroatoms. The van der Waals surface area contributed by atoms with Gasteiger partial charge in [-0.1, -0.05) is 29.8 Å². The van der Waals surface area contributed by atoms with E-state index in [1.54, 1.807) is 0 Å². The van der Waals surface area contributed by atoms with Crippen LogP contribution in [0.3, 0.4) is 0 Å². The van der Waals surface area contributed by atoms with Gasteiger partial charge in [0.2, 0.25) is 0 Å². The standard InChI is InChI=1S/C11H8ClNS/c12-8-5-13-6-10-11(8)7-3-1-2-4-9(7)14-10/h1-5,13H,6H2. The minimum Gasteiger partial charge on any atom is -0.385 e. The van der Waals surface area contributed by atoms with Gasteiger partial charge in [-0.05, 0) is 6.07 Å². The maximum Gasteiger partial charge on any atom is 0.0653 e. The zero-order chi connectivity index (χ0) is 9.54. The van der Waals surface area contributed by atoms with Crippen molar-refractivity contribution in [1.82, 2.24) is 5.32 Å². The van der Waals surface area contributed by atoms with Gasteiger partial charge in [0.05, 0.1) is 5.03 Å². The summed E-state index contributed by atoms with van der Waals surface area (Å²) in [6, 6.07) is 8.39. The largest absolute Gasteiger partial charge is 0.385 e. The second-order valence-corrected chi connectivity index (χ2v) is 4.81. The molecule has 1 aliphatic heterocycles. The van der Waals surface area contributed by atoms with Gasteiger partial charge >= 0.3 is 0 Å². The third-order valence-electron chi connectivity index (χ3n) is 2.40. The van der Waals surface area contributed by atoms with E-state index in [-0.39, 0.29) is 0 Å². The topological polar surface area (TPSA) is 12.0 Å². The monoisotopic (exact) mass is 221 g/mol. The Labute approximate surface area is 91.0 Å². The molecule has 0 unspecified atom stereocenters. The van der Waals surface area contributed by atoms with Crippen LogP contribution in [-0.2, 0) is 6.54 Å². The molecular formula is C11H8ClNS. The Bertz CT molecular complexity index is 527. The summed E-state index contributed by atoms with van der Waals surface area (Å²) >= 11 is 7.99. The second-order valence-electron chi connectivity index (χ2n) is 3.27. The minimum absolute atomic E-state index is 0.823. The molecule has 14 heavy (non-hydrogen) atoms. The third-order valence-corrected chi connectivity index (χ3v) is 3.87. The highest BCUT2D eigenvalue weighted by atomic mass is 35.5. The molecule has 3 rings (SSSR count). The first-order chi connectivity index (χ1) is 6.86. The third kappa shape index (κ3) is 1.08. The van der Waals surface area contributed by atoms with Crippen molar-refractivity contribution in [2.75, 3.05) is 0 Å². The summed E-state index contributed by atoms with van der Waals surface area (Å²) in [5.41, 5.74) is 1.21. The van der Waals surface area contributed by atoms with Gasteiger partial charge in [0.15, 0.2) is 0 Å². The smallest absolute Gasteiger partial charge is 0.0653 e. The molecule has 0 spiro atoms. The Morgan fingerprint density at radius 2 is 2.14 bits per heavy atom. The molecule has 0 saturated heterocycles. The highest BCUT2D eigenvalue weighted by Crippen LogP contribution is 2.38. The molecule has 2 aromatic rings. The molecule has 0 radical (unpaired) electrons. The van der Waals surface area contributed by atoms with E-state index in [0.717, 1.165) is 11.6 Å². The van der Waals surface area contributed by atoms with Crippen LogP contribution in [0.2, 0.25) is 0 Å². The number of benzene rings is 1. The highest BCUT2D eigenvalue weighted by Gasteiger charge is 2.16. The molecule has 70 valence electrons. The van der Waals surface area contributed by atoms with E-state index in [9.17, 15) is 0 Å². The first-order valence-electron chi connectivity index (χ1n) is 4.46. The van der Waals surface area contributed by atoms with Crippen LogP contribution in [-0.4, -0.2) is 0 Å². The molecule has 0 fully saturated rings. The number of rotatable bonds is 0. The molecule has 1 N–H and O–H groups in total. The van der Waals surface area contributed by atoms with Crippen LogP contribution in [0.5, 0.6) is 0 Å². The fourth-order valence-corrected chi connectivity index (χ4v) is 3.31. The summed E-state index contributed by atoms with van der Waals surface area (Å²) in [7, 11) is 0. The minimum atomic E-state index is 0.823. The molecule has 0 atom stereocenters.